The Hall–Kier alpha value is -1.20. The molecule has 1 aromatic heterocycles. The van der Waals surface area contributed by atoms with Gasteiger partial charge < -0.3 is 10.3 Å². The first kappa shape index (κ1) is 14.2. The lowest BCUT2D eigenvalue weighted by atomic mass is 9.87. The van der Waals surface area contributed by atoms with Gasteiger partial charge in [-0.05, 0) is 23.1 Å². The van der Waals surface area contributed by atoms with E-state index in [-0.39, 0.29) is 11.5 Å². The first-order valence-corrected chi connectivity index (χ1v) is 6.98. The highest BCUT2D eigenvalue weighted by molar-refractivity contribution is 9.10. The third kappa shape index (κ3) is 3.64. The van der Waals surface area contributed by atoms with E-state index in [1.807, 2.05) is 24.3 Å². The number of halogens is 1. The van der Waals surface area contributed by atoms with E-state index in [0.717, 1.165) is 10.0 Å². The Morgan fingerprint density at radius 1 is 1.37 bits per heavy atom. The molecule has 2 aromatic rings. The van der Waals surface area contributed by atoms with Crippen molar-refractivity contribution in [2.24, 2.45) is 11.1 Å². The van der Waals surface area contributed by atoms with E-state index in [1.165, 1.54) is 0 Å². The number of nitrogens with two attached hydrogens (primary N) is 1. The molecule has 1 unspecified atom stereocenters. The molecule has 1 atom stereocenters. The molecular formula is C14H18BrN3O. The number of aromatic nitrogens is 2. The molecule has 0 saturated carbocycles. The summed E-state index contributed by atoms with van der Waals surface area (Å²) in [5, 5.41) is 3.98. The second kappa shape index (κ2) is 5.43. The summed E-state index contributed by atoms with van der Waals surface area (Å²) in [6.07, 6.45) is 0.614. The second-order valence-electron chi connectivity index (χ2n) is 5.70. The fraction of sp³-hybridized carbons (Fsp3) is 0.429. The van der Waals surface area contributed by atoms with Crippen LogP contribution in [0, 0.1) is 5.41 Å². The SMILES string of the molecule is CC(C)(C)C(N)c1noc(Cc2cccc(Br)c2)n1. The van der Waals surface area contributed by atoms with Gasteiger partial charge >= 0.3 is 0 Å². The van der Waals surface area contributed by atoms with Gasteiger partial charge in [-0.25, -0.2) is 0 Å². The molecule has 0 aliphatic heterocycles. The molecule has 4 nitrogen and oxygen atoms in total. The highest BCUT2D eigenvalue weighted by Gasteiger charge is 2.26. The lowest BCUT2D eigenvalue weighted by Crippen LogP contribution is -2.27. The molecule has 2 N–H and O–H groups in total. The predicted molar refractivity (Wildman–Crippen MR) is 77.6 cm³/mol. The van der Waals surface area contributed by atoms with Gasteiger partial charge in [0, 0.05) is 4.47 Å². The van der Waals surface area contributed by atoms with E-state index >= 15 is 0 Å². The molecule has 0 amide bonds. The molecule has 1 heterocycles. The maximum absolute atomic E-state index is 6.11. The van der Waals surface area contributed by atoms with Crippen LogP contribution in [0.2, 0.25) is 0 Å². The lowest BCUT2D eigenvalue weighted by molar-refractivity contribution is 0.301. The minimum atomic E-state index is -0.229. The van der Waals surface area contributed by atoms with Gasteiger partial charge in [-0.15, -0.1) is 0 Å². The summed E-state index contributed by atoms with van der Waals surface area (Å²) in [6, 6.07) is 7.80. The van der Waals surface area contributed by atoms with Gasteiger partial charge in [-0.1, -0.05) is 54.0 Å². The van der Waals surface area contributed by atoms with Crippen LogP contribution in [-0.4, -0.2) is 10.1 Å². The third-order valence-corrected chi connectivity index (χ3v) is 3.43. The van der Waals surface area contributed by atoms with Crippen molar-refractivity contribution in [3.8, 4) is 0 Å². The van der Waals surface area contributed by atoms with Crippen molar-refractivity contribution in [2.75, 3.05) is 0 Å². The van der Waals surface area contributed by atoms with Crippen molar-refractivity contribution < 1.29 is 4.52 Å². The van der Waals surface area contributed by atoms with Crippen LogP contribution in [0.5, 0.6) is 0 Å². The van der Waals surface area contributed by atoms with Crippen LogP contribution >= 0.6 is 15.9 Å². The van der Waals surface area contributed by atoms with Crippen LogP contribution in [0.3, 0.4) is 0 Å². The number of rotatable bonds is 3. The minimum Gasteiger partial charge on any atom is -0.339 e. The Labute approximate surface area is 121 Å². The maximum atomic E-state index is 6.11. The van der Waals surface area contributed by atoms with Gasteiger partial charge in [0.15, 0.2) is 5.82 Å². The van der Waals surface area contributed by atoms with Gasteiger partial charge in [-0.3, -0.25) is 0 Å². The van der Waals surface area contributed by atoms with Gasteiger partial charge in [-0.2, -0.15) is 4.98 Å². The largest absolute Gasteiger partial charge is 0.339 e. The first-order chi connectivity index (χ1) is 8.86. The summed E-state index contributed by atoms with van der Waals surface area (Å²) in [5.41, 5.74) is 7.14. The van der Waals surface area contributed by atoms with Gasteiger partial charge in [0.25, 0.3) is 0 Å². The summed E-state index contributed by atoms with van der Waals surface area (Å²) >= 11 is 3.44. The molecule has 2 rings (SSSR count). The maximum Gasteiger partial charge on any atom is 0.231 e. The highest BCUT2D eigenvalue weighted by Crippen LogP contribution is 2.28. The van der Waals surface area contributed by atoms with Crippen molar-refractivity contribution in [3.05, 3.63) is 46.0 Å². The quantitative estimate of drug-likeness (QED) is 0.939. The van der Waals surface area contributed by atoms with E-state index in [9.17, 15) is 0 Å². The smallest absolute Gasteiger partial charge is 0.231 e. The molecule has 0 bridgehead atoms. The third-order valence-electron chi connectivity index (χ3n) is 2.94. The van der Waals surface area contributed by atoms with Crippen molar-refractivity contribution in [1.29, 1.82) is 0 Å². The monoisotopic (exact) mass is 323 g/mol. The molecule has 102 valence electrons. The summed E-state index contributed by atoms with van der Waals surface area (Å²) in [5.74, 6) is 1.16. The zero-order chi connectivity index (χ0) is 14.0. The molecule has 1 aromatic carbocycles. The average molecular weight is 324 g/mol. The topological polar surface area (TPSA) is 64.9 Å². The van der Waals surface area contributed by atoms with Crippen LogP contribution < -0.4 is 5.73 Å². The highest BCUT2D eigenvalue weighted by atomic mass is 79.9. The molecule has 19 heavy (non-hydrogen) atoms. The fourth-order valence-corrected chi connectivity index (χ4v) is 2.12. The van der Waals surface area contributed by atoms with Crippen molar-refractivity contribution in [2.45, 2.75) is 33.2 Å². The van der Waals surface area contributed by atoms with E-state index in [0.29, 0.717) is 18.1 Å². The van der Waals surface area contributed by atoms with Crippen LogP contribution in [0.1, 0.15) is 44.1 Å². The Morgan fingerprint density at radius 2 is 2.11 bits per heavy atom. The number of benzene rings is 1. The van der Waals surface area contributed by atoms with Crippen LogP contribution in [0.15, 0.2) is 33.3 Å². The summed E-state index contributed by atoms with van der Waals surface area (Å²) in [4.78, 5) is 4.38. The molecule has 0 fully saturated rings. The Bertz CT molecular complexity index is 560. The normalized spacial score (nSPS) is 13.5. The molecular weight excluding hydrogens is 306 g/mol. The zero-order valence-electron chi connectivity index (χ0n) is 11.4. The zero-order valence-corrected chi connectivity index (χ0v) is 12.9. The van der Waals surface area contributed by atoms with Crippen molar-refractivity contribution in [3.63, 3.8) is 0 Å². The van der Waals surface area contributed by atoms with E-state index in [2.05, 4.69) is 46.8 Å². The molecule has 5 heteroatoms. The fourth-order valence-electron chi connectivity index (χ4n) is 1.68. The van der Waals surface area contributed by atoms with Crippen LogP contribution in [-0.2, 0) is 6.42 Å². The van der Waals surface area contributed by atoms with E-state index in [1.54, 1.807) is 0 Å². The predicted octanol–water partition coefficient (Wildman–Crippen LogP) is 3.47. The molecule has 0 spiro atoms. The standard InChI is InChI=1S/C14H18BrN3O/c1-14(2,3)12(16)13-17-11(19-18-13)8-9-5-4-6-10(15)7-9/h4-7,12H,8,16H2,1-3H3. The Kier molecular flexibility index (Phi) is 4.06. The Balaban J connectivity index is 2.14. The molecule has 0 saturated heterocycles. The van der Waals surface area contributed by atoms with Gasteiger partial charge in [0.1, 0.15) is 0 Å². The molecule has 0 radical (unpaired) electrons. The first-order valence-electron chi connectivity index (χ1n) is 6.19. The number of hydrogen-bond donors (Lipinski definition) is 1. The summed E-state index contributed by atoms with van der Waals surface area (Å²) < 4.78 is 6.31. The van der Waals surface area contributed by atoms with Gasteiger partial charge in [0.05, 0.1) is 12.5 Å². The molecule has 0 aliphatic carbocycles. The van der Waals surface area contributed by atoms with Crippen molar-refractivity contribution >= 4 is 15.9 Å². The molecule has 0 aliphatic rings. The van der Waals surface area contributed by atoms with E-state index < -0.39 is 0 Å². The number of hydrogen-bond acceptors (Lipinski definition) is 4. The van der Waals surface area contributed by atoms with Crippen LogP contribution in [0.4, 0.5) is 0 Å². The second-order valence-corrected chi connectivity index (χ2v) is 6.61. The summed E-state index contributed by atoms with van der Waals surface area (Å²) in [7, 11) is 0. The van der Waals surface area contributed by atoms with Crippen molar-refractivity contribution in [1.82, 2.24) is 10.1 Å². The minimum absolute atomic E-state index is 0.0864. The average Bonchev–Trinajstić information content (AvgIpc) is 2.75. The van der Waals surface area contributed by atoms with E-state index in [4.69, 9.17) is 10.3 Å². The summed E-state index contributed by atoms with van der Waals surface area (Å²) in [6.45, 7) is 6.17. The Morgan fingerprint density at radius 3 is 2.74 bits per heavy atom. The van der Waals surface area contributed by atoms with Crippen LogP contribution in [0.25, 0.3) is 0 Å². The number of nitrogens with zero attached hydrogens (tertiary/aromatic N) is 2. The lowest BCUT2D eigenvalue weighted by Gasteiger charge is -2.23. The van der Waals surface area contributed by atoms with Gasteiger partial charge in [0.2, 0.25) is 5.89 Å².